The summed E-state index contributed by atoms with van der Waals surface area (Å²) in [5, 5.41) is 14.2. The molecule has 2 unspecified atom stereocenters. The third-order valence-electron chi connectivity index (χ3n) is 3.86. The second-order valence-electron chi connectivity index (χ2n) is 5.47. The molecule has 2 atom stereocenters. The molecule has 0 spiro atoms. The van der Waals surface area contributed by atoms with Crippen molar-refractivity contribution in [3.05, 3.63) is 22.7 Å². The molecule has 0 heterocycles. The molecule has 0 aliphatic heterocycles. The lowest BCUT2D eigenvalue weighted by Crippen LogP contribution is -2.33. The largest absolute Gasteiger partial charge is 0.504 e. The van der Waals surface area contributed by atoms with Crippen molar-refractivity contribution in [1.82, 2.24) is 5.32 Å². The van der Waals surface area contributed by atoms with E-state index in [4.69, 9.17) is 16.3 Å². The van der Waals surface area contributed by atoms with Crippen molar-refractivity contribution in [1.29, 1.82) is 0 Å². The molecular weight excluding hydrogens is 262 g/mol. The molecule has 0 aromatic heterocycles. The molecule has 0 bridgehead atoms. The number of hydrogen-bond acceptors (Lipinski definition) is 3. The summed E-state index contributed by atoms with van der Waals surface area (Å²) in [6, 6.07) is 3.95. The van der Waals surface area contributed by atoms with Gasteiger partial charge in [-0.05, 0) is 24.8 Å². The van der Waals surface area contributed by atoms with Gasteiger partial charge < -0.3 is 15.2 Å². The second kappa shape index (κ2) is 6.49. The van der Waals surface area contributed by atoms with Gasteiger partial charge in [0.2, 0.25) is 0 Å². The van der Waals surface area contributed by atoms with Gasteiger partial charge >= 0.3 is 0 Å². The second-order valence-corrected chi connectivity index (χ2v) is 5.90. The highest BCUT2D eigenvalue weighted by Gasteiger charge is 2.19. The molecule has 3 nitrogen and oxygen atoms in total. The van der Waals surface area contributed by atoms with Gasteiger partial charge in [0.15, 0.2) is 11.5 Å². The average Bonchev–Trinajstić information content (AvgIpc) is 2.39. The molecule has 1 fully saturated rings. The van der Waals surface area contributed by atoms with Gasteiger partial charge in [0.05, 0.1) is 7.11 Å². The van der Waals surface area contributed by atoms with Gasteiger partial charge in [-0.2, -0.15) is 0 Å². The number of hydrogen-bond donors (Lipinski definition) is 2. The number of benzene rings is 1. The highest BCUT2D eigenvalue weighted by atomic mass is 35.5. The fourth-order valence-electron chi connectivity index (χ4n) is 2.79. The Morgan fingerprint density at radius 3 is 2.89 bits per heavy atom. The topological polar surface area (TPSA) is 41.5 Å². The number of phenols is 1. The number of phenolic OH excluding ortho intramolecular Hbond substituents is 1. The Labute approximate surface area is 119 Å². The third-order valence-corrected chi connectivity index (χ3v) is 4.07. The smallest absolute Gasteiger partial charge is 0.162 e. The van der Waals surface area contributed by atoms with Crippen LogP contribution in [0.4, 0.5) is 0 Å². The zero-order chi connectivity index (χ0) is 13.8. The molecule has 2 rings (SSSR count). The summed E-state index contributed by atoms with van der Waals surface area (Å²) in [4.78, 5) is 0. The summed E-state index contributed by atoms with van der Waals surface area (Å²) in [5.74, 6) is 1.40. The van der Waals surface area contributed by atoms with Gasteiger partial charge in [0, 0.05) is 29.2 Å². The minimum Gasteiger partial charge on any atom is -0.504 e. The third kappa shape index (κ3) is 3.77. The van der Waals surface area contributed by atoms with Gasteiger partial charge in [-0.3, -0.25) is 0 Å². The van der Waals surface area contributed by atoms with Gasteiger partial charge in [0.1, 0.15) is 0 Å². The van der Waals surface area contributed by atoms with Crippen LogP contribution in [-0.2, 0) is 6.54 Å². The number of ether oxygens (including phenoxy) is 1. The van der Waals surface area contributed by atoms with Crippen molar-refractivity contribution in [3.8, 4) is 11.5 Å². The molecule has 1 aromatic rings. The first-order valence-corrected chi connectivity index (χ1v) is 7.26. The summed E-state index contributed by atoms with van der Waals surface area (Å²) >= 11 is 6.03. The van der Waals surface area contributed by atoms with Crippen molar-refractivity contribution in [2.45, 2.75) is 45.2 Å². The zero-order valence-electron chi connectivity index (χ0n) is 11.6. The molecule has 1 saturated carbocycles. The first-order chi connectivity index (χ1) is 9.10. The van der Waals surface area contributed by atoms with Crippen molar-refractivity contribution < 1.29 is 9.84 Å². The molecule has 1 aliphatic carbocycles. The van der Waals surface area contributed by atoms with Crippen LogP contribution in [0, 0.1) is 5.92 Å². The molecule has 0 amide bonds. The van der Waals surface area contributed by atoms with E-state index in [1.807, 2.05) is 0 Å². The summed E-state index contributed by atoms with van der Waals surface area (Å²) in [7, 11) is 1.53. The predicted octanol–water partition coefficient (Wildman–Crippen LogP) is 3.72. The fraction of sp³-hybridized carbons (Fsp3) is 0.600. The summed E-state index contributed by atoms with van der Waals surface area (Å²) < 4.78 is 5.11. The molecule has 0 saturated heterocycles. The molecule has 106 valence electrons. The number of nitrogens with one attached hydrogen (secondary N) is 1. The maximum atomic E-state index is 10.1. The van der Waals surface area contributed by atoms with E-state index in [1.54, 1.807) is 12.1 Å². The maximum absolute atomic E-state index is 10.1. The van der Waals surface area contributed by atoms with E-state index in [9.17, 15) is 5.11 Å². The maximum Gasteiger partial charge on any atom is 0.162 e. The zero-order valence-corrected chi connectivity index (χ0v) is 12.3. The minimum atomic E-state index is 0.184. The predicted molar refractivity (Wildman–Crippen MR) is 77.9 cm³/mol. The first kappa shape index (κ1) is 14.5. The van der Waals surface area contributed by atoms with Crippen molar-refractivity contribution >= 4 is 11.6 Å². The molecule has 1 aromatic carbocycles. The number of aromatic hydroxyl groups is 1. The highest BCUT2D eigenvalue weighted by molar-refractivity contribution is 6.30. The minimum absolute atomic E-state index is 0.184. The normalized spacial score (nSPS) is 23.3. The van der Waals surface area contributed by atoms with Crippen LogP contribution in [0.3, 0.4) is 0 Å². The van der Waals surface area contributed by atoms with Crippen LogP contribution < -0.4 is 10.1 Å². The Morgan fingerprint density at radius 1 is 1.42 bits per heavy atom. The van der Waals surface area contributed by atoms with E-state index < -0.39 is 0 Å². The van der Waals surface area contributed by atoms with Crippen LogP contribution in [0.2, 0.25) is 5.02 Å². The highest BCUT2D eigenvalue weighted by Crippen LogP contribution is 2.33. The lowest BCUT2D eigenvalue weighted by molar-refractivity contribution is 0.298. The quantitative estimate of drug-likeness (QED) is 0.885. The monoisotopic (exact) mass is 283 g/mol. The summed E-state index contributed by atoms with van der Waals surface area (Å²) in [6.45, 7) is 2.92. The Balaban J connectivity index is 2.01. The lowest BCUT2D eigenvalue weighted by Gasteiger charge is -2.27. The van der Waals surface area contributed by atoms with Crippen LogP contribution in [0.15, 0.2) is 12.1 Å². The van der Waals surface area contributed by atoms with Crippen LogP contribution >= 0.6 is 11.6 Å². The molecule has 1 aliphatic rings. The SMILES string of the molecule is COc1cc(Cl)cc(CNC2CCCC(C)C2)c1O. The fourth-order valence-corrected chi connectivity index (χ4v) is 3.02. The molecular formula is C15H22ClNO2. The Kier molecular flexibility index (Phi) is 4.94. The van der Waals surface area contributed by atoms with E-state index >= 15 is 0 Å². The number of methoxy groups -OCH3 is 1. The van der Waals surface area contributed by atoms with Gasteiger partial charge in [-0.15, -0.1) is 0 Å². The Hall–Kier alpha value is -0.930. The van der Waals surface area contributed by atoms with Crippen molar-refractivity contribution in [2.75, 3.05) is 7.11 Å². The van der Waals surface area contributed by atoms with E-state index in [0.29, 0.717) is 23.4 Å². The van der Waals surface area contributed by atoms with Crippen LogP contribution in [0.25, 0.3) is 0 Å². The molecule has 2 N–H and O–H groups in total. The Morgan fingerprint density at radius 2 is 2.21 bits per heavy atom. The van der Waals surface area contributed by atoms with Gasteiger partial charge in [-0.1, -0.05) is 31.4 Å². The van der Waals surface area contributed by atoms with E-state index in [1.165, 1.54) is 32.8 Å². The van der Waals surface area contributed by atoms with Crippen molar-refractivity contribution in [2.24, 2.45) is 5.92 Å². The molecule has 19 heavy (non-hydrogen) atoms. The van der Waals surface area contributed by atoms with E-state index in [2.05, 4.69) is 12.2 Å². The molecule has 0 radical (unpaired) electrons. The summed E-state index contributed by atoms with van der Waals surface area (Å²) in [5.41, 5.74) is 0.794. The Bertz CT molecular complexity index is 436. The first-order valence-electron chi connectivity index (χ1n) is 6.89. The van der Waals surface area contributed by atoms with Gasteiger partial charge in [-0.25, -0.2) is 0 Å². The average molecular weight is 284 g/mol. The van der Waals surface area contributed by atoms with Gasteiger partial charge in [0.25, 0.3) is 0 Å². The number of rotatable bonds is 4. The van der Waals surface area contributed by atoms with Crippen LogP contribution in [-0.4, -0.2) is 18.3 Å². The van der Waals surface area contributed by atoms with E-state index in [0.717, 1.165) is 11.5 Å². The van der Waals surface area contributed by atoms with Crippen molar-refractivity contribution in [3.63, 3.8) is 0 Å². The number of halogens is 1. The van der Waals surface area contributed by atoms with Crippen LogP contribution in [0.5, 0.6) is 11.5 Å². The summed E-state index contributed by atoms with van der Waals surface area (Å²) in [6.07, 6.45) is 5.03. The van der Waals surface area contributed by atoms with E-state index in [-0.39, 0.29) is 5.75 Å². The lowest BCUT2D eigenvalue weighted by atomic mass is 9.87. The van der Waals surface area contributed by atoms with Crippen LogP contribution in [0.1, 0.15) is 38.2 Å². The standard InChI is InChI=1S/C15H22ClNO2/c1-10-4-3-5-13(6-10)17-9-11-7-12(16)8-14(19-2)15(11)18/h7-8,10,13,17-18H,3-6,9H2,1-2H3. The molecule has 4 heteroatoms.